The Balaban J connectivity index is 1.63. The second-order valence-corrected chi connectivity index (χ2v) is 7.31. The molecule has 7 nitrogen and oxygen atoms in total. The Labute approximate surface area is 161 Å². The third-order valence-electron chi connectivity index (χ3n) is 3.12. The second kappa shape index (κ2) is 8.35. The summed E-state index contributed by atoms with van der Waals surface area (Å²) in [6, 6.07) is 7.13. The number of benzene rings is 1. The number of imide groups is 1. The molecule has 2 N–H and O–H groups in total. The van der Waals surface area contributed by atoms with Crippen LogP contribution in [0, 0.1) is 0 Å². The molecule has 0 unspecified atom stereocenters. The Morgan fingerprint density at radius 3 is 2.92 bits per heavy atom. The van der Waals surface area contributed by atoms with E-state index in [1.165, 1.54) is 17.4 Å². The van der Waals surface area contributed by atoms with Gasteiger partial charge in [0, 0.05) is 16.6 Å². The molecule has 0 saturated heterocycles. The van der Waals surface area contributed by atoms with Crippen molar-refractivity contribution in [2.24, 2.45) is 0 Å². The van der Waals surface area contributed by atoms with Crippen LogP contribution in [-0.2, 0) is 4.79 Å². The molecule has 0 aliphatic rings. The van der Waals surface area contributed by atoms with E-state index in [1.807, 2.05) is 24.3 Å². The van der Waals surface area contributed by atoms with Crippen LogP contribution in [0.25, 0.3) is 20.9 Å². The molecule has 26 heavy (non-hydrogen) atoms. The maximum absolute atomic E-state index is 11.7. The average Bonchev–Trinajstić information content (AvgIpc) is 3.23. The van der Waals surface area contributed by atoms with Gasteiger partial charge >= 0.3 is 6.03 Å². The molecule has 3 amide bonds. The molecule has 0 atom stereocenters. The Bertz CT molecular complexity index is 969. The van der Waals surface area contributed by atoms with Crippen LogP contribution >= 0.6 is 34.7 Å². The minimum absolute atomic E-state index is 0.0384. The Hall–Kier alpha value is -2.36. The van der Waals surface area contributed by atoms with Gasteiger partial charge in [0.15, 0.2) is 0 Å². The standard InChI is InChI=1S/C16H13ClN4O3S2/c1-2-7-18-15(23)19-11(22)8-25-16-21-20-14(24-16)13-12(17)9-5-3-4-6-10(9)26-13/h2-6H,1,7-8H2,(H2,18,19,22,23). The van der Waals surface area contributed by atoms with Crippen molar-refractivity contribution >= 4 is 56.7 Å². The van der Waals surface area contributed by atoms with Crippen molar-refractivity contribution in [1.82, 2.24) is 20.8 Å². The van der Waals surface area contributed by atoms with Crippen LogP contribution in [-0.4, -0.2) is 34.4 Å². The predicted octanol–water partition coefficient (Wildman–Crippen LogP) is 3.71. The molecular weight excluding hydrogens is 396 g/mol. The van der Waals surface area contributed by atoms with Gasteiger partial charge in [0.2, 0.25) is 5.91 Å². The highest BCUT2D eigenvalue weighted by Crippen LogP contribution is 2.41. The number of rotatable bonds is 6. The number of fused-ring (bicyclic) bond motifs is 1. The van der Waals surface area contributed by atoms with Crippen LogP contribution in [0.5, 0.6) is 0 Å². The van der Waals surface area contributed by atoms with Crippen LogP contribution in [0.1, 0.15) is 0 Å². The Morgan fingerprint density at radius 1 is 1.35 bits per heavy atom. The van der Waals surface area contributed by atoms with Gasteiger partial charge in [0.05, 0.1) is 10.8 Å². The minimum atomic E-state index is -0.584. The molecule has 0 aliphatic carbocycles. The van der Waals surface area contributed by atoms with Crippen LogP contribution < -0.4 is 10.6 Å². The Morgan fingerprint density at radius 2 is 2.15 bits per heavy atom. The number of halogens is 1. The van der Waals surface area contributed by atoms with Gasteiger partial charge in [0.1, 0.15) is 4.88 Å². The van der Waals surface area contributed by atoms with E-state index in [1.54, 1.807) is 0 Å². The highest BCUT2D eigenvalue weighted by atomic mass is 35.5. The lowest BCUT2D eigenvalue weighted by molar-refractivity contribution is -0.117. The first-order valence-corrected chi connectivity index (χ1v) is 9.58. The number of urea groups is 1. The van der Waals surface area contributed by atoms with Gasteiger partial charge in [0.25, 0.3) is 11.1 Å². The number of nitrogens with one attached hydrogen (secondary N) is 2. The number of thiophene rings is 1. The van der Waals surface area contributed by atoms with Crippen molar-refractivity contribution in [2.45, 2.75) is 5.22 Å². The van der Waals surface area contributed by atoms with Crippen molar-refractivity contribution in [1.29, 1.82) is 0 Å². The number of hydrogen-bond acceptors (Lipinski definition) is 7. The quantitative estimate of drug-likeness (QED) is 0.476. The fraction of sp³-hybridized carbons (Fsp3) is 0.125. The van der Waals surface area contributed by atoms with Crippen molar-refractivity contribution < 1.29 is 14.0 Å². The van der Waals surface area contributed by atoms with Crippen LogP contribution in [0.2, 0.25) is 5.02 Å². The minimum Gasteiger partial charge on any atom is -0.410 e. The molecule has 3 rings (SSSR count). The number of thioether (sulfide) groups is 1. The Kier molecular flexibility index (Phi) is 5.92. The zero-order chi connectivity index (χ0) is 18.5. The molecule has 0 spiro atoms. The lowest BCUT2D eigenvalue weighted by Crippen LogP contribution is -2.40. The first-order valence-electron chi connectivity index (χ1n) is 7.40. The molecule has 1 aromatic carbocycles. The monoisotopic (exact) mass is 408 g/mol. The molecule has 3 aromatic rings. The summed E-state index contributed by atoms with van der Waals surface area (Å²) < 4.78 is 6.59. The number of aromatic nitrogens is 2. The molecule has 0 bridgehead atoms. The van der Waals surface area contributed by atoms with E-state index in [0.29, 0.717) is 15.8 Å². The van der Waals surface area contributed by atoms with Gasteiger partial charge in [-0.25, -0.2) is 4.79 Å². The summed E-state index contributed by atoms with van der Waals surface area (Å²) in [6.07, 6.45) is 1.51. The smallest absolute Gasteiger partial charge is 0.321 e. The summed E-state index contributed by atoms with van der Waals surface area (Å²) in [6.45, 7) is 3.74. The molecule has 0 saturated carbocycles. The fourth-order valence-corrected chi connectivity index (χ4v) is 4.01. The van der Waals surface area contributed by atoms with Gasteiger partial charge in [-0.2, -0.15) is 0 Å². The van der Waals surface area contributed by atoms with Gasteiger partial charge in [-0.3, -0.25) is 10.1 Å². The molecular formula is C16H13ClN4O3S2. The van der Waals surface area contributed by atoms with Gasteiger partial charge in [-0.15, -0.1) is 28.1 Å². The molecule has 0 aliphatic heterocycles. The van der Waals surface area contributed by atoms with Gasteiger partial charge < -0.3 is 9.73 Å². The summed E-state index contributed by atoms with van der Waals surface area (Å²) in [7, 11) is 0. The summed E-state index contributed by atoms with van der Waals surface area (Å²) in [4.78, 5) is 23.8. The number of hydrogen-bond donors (Lipinski definition) is 2. The van der Waals surface area contributed by atoms with Crippen molar-refractivity contribution in [3.63, 3.8) is 0 Å². The van der Waals surface area contributed by atoms with E-state index in [4.69, 9.17) is 16.0 Å². The molecule has 2 heterocycles. The van der Waals surface area contributed by atoms with Crippen molar-refractivity contribution in [3.05, 3.63) is 41.9 Å². The number of nitrogens with zero attached hydrogens (tertiary/aromatic N) is 2. The maximum atomic E-state index is 11.7. The number of carbonyl (C=O) groups excluding carboxylic acids is 2. The number of amides is 3. The van der Waals surface area contributed by atoms with Gasteiger partial charge in [-0.05, 0) is 6.07 Å². The average molecular weight is 409 g/mol. The normalized spacial score (nSPS) is 10.7. The summed E-state index contributed by atoms with van der Waals surface area (Å²) in [5.41, 5.74) is 0. The van der Waals surface area contributed by atoms with E-state index in [0.717, 1.165) is 21.8 Å². The van der Waals surface area contributed by atoms with Gasteiger partial charge in [-0.1, -0.05) is 47.6 Å². The summed E-state index contributed by atoms with van der Waals surface area (Å²) >= 11 is 8.87. The third-order valence-corrected chi connectivity index (χ3v) is 5.60. The third kappa shape index (κ3) is 4.24. The van der Waals surface area contributed by atoms with Crippen LogP contribution in [0.4, 0.5) is 4.79 Å². The van der Waals surface area contributed by atoms with Crippen LogP contribution in [0.15, 0.2) is 46.6 Å². The zero-order valence-electron chi connectivity index (χ0n) is 13.3. The lowest BCUT2D eigenvalue weighted by atomic mass is 10.2. The largest absolute Gasteiger partial charge is 0.410 e. The second-order valence-electron chi connectivity index (χ2n) is 4.95. The molecule has 134 valence electrons. The van der Waals surface area contributed by atoms with E-state index in [2.05, 4.69) is 27.4 Å². The SMILES string of the molecule is C=CCNC(=O)NC(=O)CSc1nnc(-c2sc3ccccc3c2Cl)o1. The van der Waals surface area contributed by atoms with E-state index in [-0.39, 0.29) is 17.5 Å². The maximum Gasteiger partial charge on any atom is 0.321 e. The molecule has 0 radical (unpaired) electrons. The van der Waals surface area contributed by atoms with E-state index >= 15 is 0 Å². The van der Waals surface area contributed by atoms with Crippen molar-refractivity contribution in [3.8, 4) is 10.8 Å². The highest BCUT2D eigenvalue weighted by molar-refractivity contribution is 7.99. The van der Waals surface area contributed by atoms with E-state index < -0.39 is 11.9 Å². The summed E-state index contributed by atoms with van der Waals surface area (Å²) in [5.74, 6) is -0.220. The van der Waals surface area contributed by atoms with Crippen molar-refractivity contribution in [2.75, 3.05) is 12.3 Å². The fourth-order valence-electron chi connectivity index (χ4n) is 2.01. The summed E-state index contributed by atoms with van der Waals surface area (Å²) in [5, 5.41) is 14.2. The first kappa shape index (κ1) is 18.4. The number of carbonyl (C=O) groups is 2. The van der Waals surface area contributed by atoms with E-state index in [9.17, 15) is 9.59 Å². The zero-order valence-corrected chi connectivity index (χ0v) is 15.7. The topological polar surface area (TPSA) is 97.1 Å². The predicted molar refractivity (Wildman–Crippen MR) is 103 cm³/mol. The molecule has 2 aromatic heterocycles. The highest BCUT2D eigenvalue weighted by Gasteiger charge is 2.18. The first-order chi connectivity index (χ1) is 12.6. The molecule has 0 fully saturated rings. The molecule has 10 heteroatoms. The van der Waals surface area contributed by atoms with Crippen LogP contribution in [0.3, 0.4) is 0 Å². The lowest BCUT2D eigenvalue weighted by Gasteiger charge is -2.03.